The lowest BCUT2D eigenvalue weighted by Gasteiger charge is -2.10. The van der Waals surface area contributed by atoms with Crippen molar-refractivity contribution in [1.82, 2.24) is 0 Å². The number of hydrogen-bond donors (Lipinski definition) is 0. The summed E-state index contributed by atoms with van der Waals surface area (Å²) >= 11 is 5.49. The zero-order valence-corrected chi connectivity index (χ0v) is 12.1. The first-order chi connectivity index (χ1) is 8.31. The van der Waals surface area contributed by atoms with Gasteiger partial charge in [-0.05, 0) is 35.6 Å². The van der Waals surface area contributed by atoms with Gasteiger partial charge in [0.1, 0.15) is 5.75 Å². The fourth-order valence-electron chi connectivity index (χ4n) is 1.58. The van der Waals surface area contributed by atoms with Gasteiger partial charge >= 0.3 is 0 Å². The molecule has 0 N–H and O–H groups in total. The molecule has 0 spiro atoms. The molecule has 0 aliphatic rings. The minimum atomic E-state index is 0.257. The van der Waals surface area contributed by atoms with Crippen LogP contribution >= 0.6 is 27.3 Å². The molecule has 0 radical (unpaired) electrons. The van der Waals surface area contributed by atoms with Gasteiger partial charge < -0.3 is 4.74 Å². The molecule has 0 aliphatic heterocycles. The minimum Gasteiger partial charge on any atom is -0.494 e. The molecule has 3 heteroatoms. The van der Waals surface area contributed by atoms with E-state index < -0.39 is 0 Å². The molecule has 0 saturated heterocycles. The van der Waals surface area contributed by atoms with Gasteiger partial charge in [0.2, 0.25) is 0 Å². The lowest BCUT2D eigenvalue weighted by Crippen LogP contribution is -1.96. The van der Waals surface area contributed by atoms with Gasteiger partial charge in [-0.2, -0.15) is 0 Å². The molecular weight excluding hydrogens is 296 g/mol. The number of alkyl halides is 1. The Morgan fingerprint density at radius 3 is 2.88 bits per heavy atom. The molecule has 17 heavy (non-hydrogen) atoms. The molecule has 1 unspecified atom stereocenters. The lowest BCUT2D eigenvalue weighted by molar-refractivity contribution is 0.317. The maximum Gasteiger partial charge on any atom is 0.119 e. The number of halogens is 1. The monoisotopic (exact) mass is 310 g/mol. The van der Waals surface area contributed by atoms with Gasteiger partial charge in [0.25, 0.3) is 0 Å². The minimum absolute atomic E-state index is 0.257. The standard InChI is InChI=1S/C14H15BrOS/c1-2-8-16-12-6-3-5-11(10-12)14(15)13-7-4-9-17-13/h3-7,9-10,14H,2,8H2,1H3. The average Bonchev–Trinajstić information content (AvgIpc) is 2.89. The van der Waals surface area contributed by atoms with E-state index in [1.807, 2.05) is 12.1 Å². The van der Waals surface area contributed by atoms with Crippen molar-refractivity contribution in [3.63, 3.8) is 0 Å². The summed E-state index contributed by atoms with van der Waals surface area (Å²) in [5, 5.41) is 2.10. The molecule has 2 aromatic rings. The van der Waals surface area contributed by atoms with E-state index in [1.165, 1.54) is 10.4 Å². The normalized spacial score (nSPS) is 12.4. The van der Waals surface area contributed by atoms with Crippen LogP contribution in [0, 0.1) is 0 Å². The van der Waals surface area contributed by atoms with E-state index in [2.05, 4.69) is 52.5 Å². The van der Waals surface area contributed by atoms with Crippen LogP contribution in [-0.2, 0) is 0 Å². The second kappa shape index (κ2) is 6.22. The number of hydrogen-bond acceptors (Lipinski definition) is 2. The van der Waals surface area contributed by atoms with Gasteiger partial charge in [-0.1, -0.05) is 41.1 Å². The number of rotatable bonds is 5. The molecule has 0 fully saturated rings. The Hall–Kier alpha value is -0.800. The first-order valence-electron chi connectivity index (χ1n) is 5.71. The molecule has 1 aromatic carbocycles. The van der Waals surface area contributed by atoms with Crippen LogP contribution in [0.1, 0.15) is 28.6 Å². The maximum absolute atomic E-state index is 5.65. The number of ether oxygens (including phenoxy) is 1. The van der Waals surface area contributed by atoms with Crippen LogP contribution in [0.4, 0.5) is 0 Å². The zero-order valence-electron chi connectivity index (χ0n) is 9.73. The summed E-state index contributed by atoms with van der Waals surface area (Å²) in [5.41, 5.74) is 1.24. The van der Waals surface area contributed by atoms with Crippen LogP contribution in [0.25, 0.3) is 0 Å². The Bertz CT molecular complexity index is 453. The predicted molar refractivity (Wildman–Crippen MR) is 77.3 cm³/mol. The second-order valence-corrected chi connectivity index (χ2v) is 5.69. The molecule has 1 heterocycles. The molecule has 1 aromatic heterocycles. The van der Waals surface area contributed by atoms with E-state index in [-0.39, 0.29) is 4.83 Å². The summed E-state index contributed by atoms with van der Waals surface area (Å²) in [6.45, 7) is 2.89. The largest absolute Gasteiger partial charge is 0.494 e. The molecule has 2 rings (SSSR count). The van der Waals surface area contributed by atoms with Gasteiger partial charge in [-0.25, -0.2) is 0 Å². The summed E-state index contributed by atoms with van der Waals surface area (Å²) in [5.74, 6) is 0.949. The van der Waals surface area contributed by atoms with Crippen LogP contribution in [0.15, 0.2) is 41.8 Å². The number of benzene rings is 1. The molecule has 0 amide bonds. The maximum atomic E-state index is 5.65. The lowest BCUT2D eigenvalue weighted by atomic mass is 10.1. The SMILES string of the molecule is CCCOc1cccc(C(Br)c2cccs2)c1. The molecular formula is C14H15BrOS. The van der Waals surface area contributed by atoms with E-state index in [0.717, 1.165) is 18.8 Å². The van der Waals surface area contributed by atoms with Gasteiger partial charge in [0.15, 0.2) is 0 Å². The van der Waals surface area contributed by atoms with Gasteiger partial charge in [0, 0.05) is 4.88 Å². The van der Waals surface area contributed by atoms with Crippen molar-refractivity contribution in [3.05, 3.63) is 52.2 Å². The van der Waals surface area contributed by atoms with Crippen molar-refractivity contribution in [3.8, 4) is 5.75 Å². The third kappa shape index (κ3) is 3.33. The van der Waals surface area contributed by atoms with Crippen molar-refractivity contribution >= 4 is 27.3 Å². The van der Waals surface area contributed by atoms with Gasteiger partial charge in [-0.15, -0.1) is 11.3 Å². The highest BCUT2D eigenvalue weighted by Crippen LogP contribution is 2.34. The van der Waals surface area contributed by atoms with Crippen LogP contribution in [0.5, 0.6) is 5.75 Å². The van der Waals surface area contributed by atoms with E-state index in [9.17, 15) is 0 Å². The zero-order chi connectivity index (χ0) is 12.1. The first-order valence-corrected chi connectivity index (χ1v) is 7.51. The van der Waals surface area contributed by atoms with E-state index >= 15 is 0 Å². The quantitative estimate of drug-likeness (QED) is 0.704. The Labute approximate surface area is 115 Å². The van der Waals surface area contributed by atoms with Crippen molar-refractivity contribution in [1.29, 1.82) is 0 Å². The van der Waals surface area contributed by atoms with Crippen LogP contribution < -0.4 is 4.74 Å². The second-order valence-electron chi connectivity index (χ2n) is 3.80. The Morgan fingerprint density at radius 1 is 1.29 bits per heavy atom. The van der Waals surface area contributed by atoms with Crippen molar-refractivity contribution < 1.29 is 4.74 Å². The molecule has 90 valence electrons. The van der Waals surface area contributed by atoms with Crippen LogP contribution in [-0.4, -0.2) is 6.61 Å². The molecule has 0 bridgehead atoms. The van der Waals surface area contributed by atoms with Crippen LogP contribution in [0.2, 0.25) is 0 Å². The molecule has 0 saturated carbocycles. The van der Waals surface area contributed by atoms with Crippen molar-refractivity contribution in [2.24, 2.45) is 0 Å². The Balaban J connectivity index is 2.15. The summed E-state index contributed by atoms with van der Waals surface area (Å²) in [7, 11) is 0. The Morgan fingerprint density at radius 2 is 2.18 bits per heavy atom. The fraction of sp³-hybridized carbons (Fsp3) is 0.286. The molecule has 1 nitrogen and oxygen atoms in total. The highest BCUT2D eigenvalue weighted by atomic mass is 79.9. The molecule has 0 aliphatic carbocycles. The summed E-state index contributed by atoms with van der Waals surface area (Å²) in [4.78, 5) is 1.57. The summed E-state index contributed by atoms with van der Waals surface area (Å²) < 4.78 is 5.65. The Kier molecular flexibility index (Phi) is 4.63. The van der Waals surface area contributed by atoms with Crippen molar-refractivity contribution in [2.45, 2.75) is 18.2 Å². The van der Waals surface area contributed by atoms with Crippen LogP contribution in [0.3, 0.4) is 0 Å². The summed E-state index contributed by atoms with van der Waals surface area (Å²) in [6, 6.07) is 12.5. The van der Waals surface area contributed by atoms with E-state index in [1.54, 1.807) is 11.3 Å². The average molecular weight is 311 g/mol. The van der Waals surface area contributed by atoms with Crippen molar-refractivity contribution in [2.75, 3.05) is 6.61 Å². The predicted octanol–water partition coefficient (Wildman–Crippen LogP) is 5.02. The molecule has 1 atom stereocenters. The first kappa shape index (κ1) is 12.7. The fourth-order valence-corrected chi connectivity index (χ4v) is 3.07. The van der Waals surface area contributed by atoms with Gasteiger partial charge in [-0.3, -0.25) is 0 Å². The number of thiophene rings is 1. The van der Waals surface area contributed by atoms with Gasteiger partial charge in [0.05, 0.1) is 11.4 Å². The highest BCUT2D eigenvalue weighted by molar-refractivity contribution is 9.09. The third-order valence-corrected chi connectivity index (χ3v) is 4.68. The third-order valence-electron chi connectivity index (χ3n) is 2.42. The topological polar surface area (TPSA) is 9.23 Å². The van der Waals surface area contributed by atoms with E-state index in [4.69, 9.17) is 4.74 Å². The summed E-state index contributed by atoms with van der Waals surface area (Å²) in [6.07, 6.45) is 1.03. The smallest absolute Gasteiger partial charge is 0.119 e. The highest BCUT2D eigenvalue weighted by Gasteiger charge is 2.11. The van der Waals surface area contributed by atoms with E-state index in [0.29, 0.717) is 0 Å².